The first kappa shape index (κ1) is 17.4. The Hall–Kier alpha value is -1.62. The van der Waals surface area contributed by atoms with Crippen LogP contribution >= 0.6 is 0 Å². The van der Waals surface area contributed by atoms with Crippen LogP contribution < -0.4 is 16.0 Å². The van der Waals surface area contributed by atoms with Crippen LogP contribution in [0.2, 0.25) is 0 Å². The van der Waals surface area contributed by atoms with E-state index in [1.807, 2.05) is 6.07 Å². The first-order chi connectivity index (χ1) is 9.81. The molecule has 0 aliphatic rings. The van der Waals surface area contributed by atoms with E-state index in [1.54, 1.807) is 26.1 Å². The second-order valence-electron chi connectivity index (χ2n) is 6.11. The highest BCUT2D eigenvalue weighted by Crippen LogP contribution is 2.08. The lowest BCUT2D eigenvalue weighted by atomic mass is 10.1. The van der Waals surface area contributed by atoms with Crippen molar-refractivity contribution in [2.24, 2.45) is 4.99 Å². The van der Waals surface area contributed by atoms with Crippen molar-refractivity contribution in [3.05, 3.63) is 35.1 Å². The maximum absolute atomic E-state index is 13.5. The Balaban J connectivity index is 2.36. The van der Waals surface area contributed by atoms with Gasteiger partial charge in [0.15, 0.2) is 5.96 Å². The van der Waals surface area contributed by atoms with Crippen LogP contribution in [0.5, 0.6) is 0 Å². The van der Waals surface area contributed by atoms with Crippen LogP contribution in [0, 0.1) is 12.7 Å². The van der Waals surface area contributed by atoms with E-state index in [1.165, 1.54) is 0 Å². The first-order valence-corrected chi connectivity index (χ1v) is 7.26. The van der Waals surface area contributed by atoms with Gasteiger partial charge in [0.05, 0.1) is 0 Å². The number of guanidine groups is 1. The van der Waals surface area contributed by atoms with Crippen LogP contribution in [0.1, 0.15) is 31.9 Å². The second-order valence-corrected chi connectivity index (χ2v) is 6.11. The lowest BCUT2D eigenvalue weighted by Gasteiger charge is -2.21. The quantitative estimate of drug-likeness (QED) is 0.443. The topological polar surface area (TPSA) is 48.5 Å². The molecule has 0 saturated carbocycles. The van der Waals surface area contributed by atoms with Gasteiger partial charge in [-0.2, -0.15) is 0 Å². The van der Waals surface area contributed by atoms with Gasteiger partial charge in [-0.3, -0.25) is 4.99 Å². The minimum absolute atomic E-state index is 0.109. The fourth-order valence-electron chi connectivity index (χ4n) is 1.77. The maximum atomic E-state index is 13.5. The number of aliphatic imine (C=N–C) groups is 1. The molecule has 0 heterocycles. The largest absolute Gasteiger partial charge is 0.355 e. The Bertz CT molecular complexity index is 478. The smallest absolute Gasteiger partial charge is 0.191 e. The van der Waals surface area contributed by atoms with Gasteiger partial charge in [0.1, 0.15) is 5.82 Å². The fraction of sp³-hybridized carbons (Fsp3) is 0.562. The third-order valence-electron chi connectivity index (χ3n) is 2.99. The van der Waals surface area contributed by atoms with Gasteiger partial charge >= 0.3 is 0 Å². The van der Waals surface area contributed by atoms with Crippen LogP contribution in [0.15, 0.2) is 23.2 Å². The van der Waals surface area contributed by atoms with Crippen molar-refractivity contribution in [3.63, 3.8) is 0 Å². The van der Waals surface area contributed by atoms with Crippen LogP contribution in [0.3, 0.4) is 0 Å². The molecule has 0 atom stereocenters. The van der Waals surface area contributed by atoms with Crippen molar-refractivity contribution in [2.75, 3.05) is 20.1 Å². The summed E-state index contributed by atoms with van der Waals surface area (Å²) in [5.74, 6) is 0.540. The van der Waals surface area contributed by atoms with Gasteiger partial charge < -0.3 is 16.0 Å². The predicted molar refractivity (Wildman–Crippen MR) is 87.1 cm³/mol. The molecule has 0 spiro atoms. The van der Waals surface area contributed by atoms with Crippen LogP contribution in [0.25, 0.3) is 0 Å². The Kier molecular flexibility index (Phi) is 6.62. The van der Waals surface area contributed by atoms with Gasteiger partial charge in [-0.1, -0.05) is 12.1 Å². The number of rotatable bonds is 5. The molecule has 0 aliphatic carbocycles. The number of aryl methyl sites for hydroxylation is 1. The summed E-state index contributed by atoms with van der Waals surface area (Å²) in [5, 5.41) is 9.79. The zero-order valence-electron chi connectivity index (χ0n) is 13.7. The van der Waals surface area contributed by atoms with Gasteiger partial charge in [0.25, 0.3) is 0 Å². The molecule has 0 amide bonds. The molecule has 3 N–H and O–H groups in total. The Labute approximate surface area is 127 Å². The summed E-state index contributed by atoms with van der Waals surface area (Å²) in [6.45, 7) is 10.3. The van der Waals surface area contributed by atoms with Crippen molar-refractivity contribution in [1.29, 1.82) is 0 Å². The third-order valence-corrected chi connectivity index (χ3v) is 2.99. The maximum Gasteiger partial charge on any atom is 0.191 e. The number of benzene rings is 1. The molecule has 0 bridgehead atoms. The lowest BCUT2D eigenvalue weighted by Crippen LogP contribution is -2.44. The van der Waals surface area contributed by atoms with Gasteiger partial charge in [-0.15, -0.1) is 0 Å². The summed E-state index contributed by atoms with van der Waals surface area (Å²) in [7, 11) is 1.72. The SMILES string of the molecule is CN=C(NCCNC(C)(C)C)NCc1ccc(C)c(F)c1. The number of halogens is 1. The van der Waals surface area contributed by atoms with Crippen molar-refractivity contribution < 1.29 is 4.39 Å². The molecular weight excluding hydrogens is 267 g/mol. The summed E-state index contributed by atoms with van der Waals surface area (Å²) < 4.78 is 13.5. The number of nitrogens with one attached hydrogen (secondary N) is 3. The molecule has 1 rings (SSSR count). The highest BCUT2D eigenvalue weighted by molar-refractivity contribution is 5.79. The van der Waals surface area contributed by atoms with Crippen LogP contribution in [-0.2, 0) is 6.54 Å². The molecule has 4 nitrogen and oxygen atoms in total. The Morgan fingerprint density at radius 3 is 2.48 bits per heavy atom. The Morgan fingerprint density at radius 1 is 1.19 bits per heavy atom. The fourth-order valence-corrected chi connectivity index (χ4v) is 1.77. The van der Waals surface area contributed by atoms with Crippen molar-refractivity contribution >= 4 is 5.96 Å². The number of hydrogen-bond donors (Lipinski definition) is 3. The molecule has 1 aromatic carbocycles. The van der Waals surface area contributed by atoms with E-state index in [9.17, 15) is 4.39 Å². The molecule has 118 valence electrons. The molecule has 0 unspecified atom stereocenters. The number of nitrogens with zero attached hydrogens (tertiary/aromatic N) is 1. The van der Waals surface area contributed by atoms with Crippen molar-refractivity contribution in [3.8, 4) is 0 Å². The minimum Gasteiger partial charge on any atom is -0.355 e. The molecular formula is C16H27FN4. The van der Waals surface area contributed by atoms with E-state index < -0.39 is 0 Å². The van der Waals surface area contributed by atoms with Gasteiger partial charge in [-0.05, 0) is 44.9 Å². The molecule has 0 aliphatic heterocycles. The van der Waals surface area contributed by atoms with E-state index in [2.05, 4.69) is 41.7 Å². The highest BCUT2D eigenvalue weighted by atomic mass is 19.1. The van der Waals surface area contributed by atoms with E-state index in [0.717, 1.165) is 18.7 Å². The van der Waals surface area contributed by atoms with E-state index in [0.29, 0.717) is 18.1 Å². The molecule has 21 heavy (non-hydrogen) atoms. The summed E-state index contributed by atoms with van der Waals surface area (Å²) >= 11 is 0. The zero-order valence-corrected chi connectivity index (χ0v) is 13.7. The molecule has 0 aromatic heterocycles. The standard InChI is InChI=1S/C16H27FN4/c1-12-6-7-13(10-14(12)17)11-20-15(18-5)19-8-9-21-16(2,3)4/h6-7,10,21H,8-9,11H2,1-5H3,(H2,18,19,20). The van der Waals surface area contributed by atoms with Crippen LogP contribution in [0.4, 0.5) is 4.39 Å². The lowest BCUT2D eigenvalue weighted by molar-refractivity contribution is 0.428. The van der Waals surface area contributed by atoms with E-state index >= 15 is 0 Å². The summed E-state index contributed by atoms with van der Waals surface area (Å²) in [6, 6.07) is 5.26. The normalized spacial score (nSPS) is 12.4. The van der Waals surface area contributed by atoms with Crippen molar-refractivity contribution in [1.82, 2.24) is 16.0 Å². The summed E-state index contributed by atoms with van der Waals surface area (Å²) in [4.78, 5) is 4.15. The van der Waals surface area contributed by atoms with Gasteiger partial charge in [0, 0.05) is 32.2 Å². The highest BCUT2D eigenvalue weighted by Gasteiger charge is 2.07. The summed E-state index contributed by atoms with van der Waals surface area (Å²) in [5.41, 5.74) is 1.67. The van der Waals surface area contributed by atoms with E-state index in [-0.39, 0.29) is 11.4 Å². The van der Waals surface area contributed by atoms with Gasteiger partial charge in [0.2, 0.25) is 0 Å². The Morgan fingerprint density at radius 2 is 1.90 bits per heavy atom. The van der Waals surface area contributed by atoms with E-state index in [4.69, 9.17) is 0 Å². The molecule has 0 saturated heterocycles. The summed E-state index contributed by atoms with van der Waals surface area (Å²) in [6.07, 6.45) is 0. The van der Waals surface area contributed by atoms with Crippen molar-refractivity contribution in [2.45, 2.75) is 39.8 Å². The average molecular weight is 294 g/mol. The molecule has 0 fully saturated rings. The molecule has 5 heteroatoms. The predicted octanol–water partition coefficient (Wildman–Crippen LogP) is 2.19. The zero-order chi connectivity index (χ0) is 15.9. The average Bonchev–Trinajstić information content (AvgIpc) is 2.40. The minimum atomic E-state index is -0.174. The first-order valence-electron chi connectivity index (χ1n) is 7.26. The molecule has 0 radical (unpaired) electrons. The third kappa shape index (κ3) is 7.09. The van der Waals surface area contributed by atoms with Crippen LogP contribution in [-0.4, -0.2) is 31.6 Å². The second kappa shape index (κ2) is 7.98. The van der Waals surface area contributed by atoms with Gasteiger partial charge in [-0.25, -0.2) is 4.39 Å². The monoisotopic (exact) mass is 294 g/mol. The number of hydrogen-bond acceptors (Lipinski definition) is 2. The molecule has 1 aromatic rings.